The molecule has 0 aromatic heterocycles. The molecule has 0 fully saturated rings. The van der Waals surface area contributed by atoms with Crippen molar-refractivity contribution >= 4 is 5.97 Å². The van der Waals surface area contributed by atoms with E-state index in [4.69, 9.17) is 5.11 Å². The van der Waals surface area contributed by atoms with Crippen molar-refractivity contribution in [3.8, 4) is 11.1 Å². The van der Waals surface area contributed by atoms with Crippen molar-refractivity contribution < 1.29 is 36.2 Å². The number of carbonyl (C=O) groups is 1. The number of aromatic carboxylic acids is 1. The standard InChI is InChI=1S/C14H6F6O2/c1-4-6(15)3-2-5(7(4)14(21)22)8-9(16)11(18)13(20)12(19)10(8)17/h2-3H,1H3,(H,21,22). The van der Waals surface area contributed by atoms with Crippen LogP contribution in [0.3, 0.4) is 0 Å². The van der Waals surface area contributed by atoms with Crippen molar-refractivity contribution in [1.82, 2.24) is 0 Å². The van der Waals surface area contributed by atoms with Crippen molar-refractivity contribution in [2.24, 2.45) is 0 Å². The smallest absolute Gasteiger partial charge is 0.336 e. The van der Waals surface area contributed by atoms with Crippen molar-refractivity contribution in [2.45, 2.75) is 6.92 Å². The predicted octanol–water partition coefficient (Wildman–Crippen LogP) is 4.19. The van der Waals surface area contributed by atoms with Crippen molar-refractivity contribution in [1.29, 1.82) is 0 Å². The van der Waals surface area contributed by atoms with Crippen molar-refractivity contribution in [3.63, 3.8) is 0 Å². The molecule has 8 heteroatoms. The third-order valence-corrected chi connectivity index (χ3v) is 3.09. The first-order valence-corrected chi connectivity index (χ1v) is 5.72. The Hall–Kier alpha value is -2.51. The lowest BCUT2D eigenvalue weighted by Crippen LogP contribution is -2.09. The van der Waals surface area contributed by atoms with Crippen LogP contribution in [0, 0.1) is 41.8 Å². The van der Waals surface area contributed by atoms with E-state index in [1.165, 1.54) is 0 Å². The lowest BCUT2D eigenvalue weighted by atomic mass is 9.94. The number of hydrogen-bond donors (Lipinski definition) is 1. The van der Waals surface area contributed by atoms with Gasteiger partial charge in [-0.3, -0.25) is 0 Å². The molecule has 0 aliphatic heterocycles. The second-order valence-electron chi connectivity index (χ2n) is 4.35. The van der Waals surface area contributed by atoms with E-state index in [-0.39, 0.29) is 0 Å². The second-order valence-corrected chi connectivity index (χ2v) is 4.35. The van der Waals surface area contributed by atoms with Crippen LogP contribution in [0.25, 0.3) is 11.1 Å². The number of carboxylic acid groups (broad SMARTS) is 1. The fraction of sp³-hybridized carbons (Fsp3) is 0.0714. The Kier molecular flexibility index (Phi) is 3.87. The molecule has 0 aliphatic carbocycles. The molecule has 0 spiro atoms. The highest BCUT2D eigenvalue weighted by molar-refractivity contribution is 5.97. The summed E-state index contributed by atoms with van der Waals surface area (Å²) in [7, 11) is 0. The molecule has 0 unspecified atom stereocenters. The molecule has 0 atom stereocenters. The van der Waals surface area contributed by atoms with Crippen molar-refractivity contribution in [2.75, 3.05) is 0 Å². The largest absolute Gasteiger partial charge is 0.478 e. The fourth-order valence-corrected chi connectivity index (χ4v) is 2.01. The SMILES string of the molecule is Cc1c(F)ccc(-c2c(F)c(F)c(F)c(F)c2F)c1C(=O)O. The minimum Gasteiger partial charge on any atom is -0.478 e. The van der Waals surface area contributed by atoms with Gasteiger partial charge in [-0.2, -0.15) is 0 Å². The maximum absolute atomic E-state index is 13.8. The van der Waals surface area contributed by atoms with Crippen LogP contribution in [0.2, 0.25) is 0 Å². The van der Waals surface area contributed by atoms with E-state index >= 15 is 0 Å². The molecule has 0 bridgehead atoms. The van der Waals surface area contributed by atoms with E-state index in [9.17, 15) is 31.1 Å². The zero-order chi connectivity index (χ0) is 16.8. The number of rotatable bonds is 2. The first-order chi connectivity index (χ1) is 10.2. The molecular formula is C14H6F6O2. The molecular weight excluding hydrogens is 314 g/mol. The van der Waals surface area contributed by atoms with Crippen LogP contribution in [0.1, 0.15) is 15.9 Å². The lowest BCUT2D eigenvalue weighted by Gasteiger charge is -2.13. The van der Waals surface area contributed by atoms with Gasteiger partial charge in [0, 0.05) is 5.56 Å². The molecule has 0 amide bonds. The molecule has 0 aliphatic rings. The van der Waals surface area contributed by atoms with Gasteiger partial charge in [0.1, 0.15) is 5.82 Å². The van der Waals surface area contributed by atoms with Crippen LogP contribution in [0.4, 0.5) is 26.3 Å². The van der Waals surface area contributed by atoms with Gasteiger partial charge in [0.15, 0.2) is 23.3 Å². The Morgan fingerprint density at radius 3 is 1.77 bits per heavy atom. The first-order valence-electron chi connectivity index (χ1n) is 5.72. The van der Waals surface area contributed by atoms with Crippen LogP contribution >= 0.6 is 0 Å². The van der Waals surface area contributed by atoms with Gasteiger partial charge in [-0.1, -0.05) is 6.07 Å². The van der Waals surface area contributed by atoms with Crippen LogP contribution < -0.4 is 0 Å². The zero-order valence-corrected chi connectivity index (χ0v) is 10.8. The molecule has 22 heavy (non-hydrogen) atoms. The van der Waals surface area contributed by atoms with Gasteiger partial charge in [0.2, 0.25) is 5.82 Å². The summed E-state index contributed by atoms with van der Waals surface area (Å²) in [5.41, 5.74) is -3.60. The van der Waals surface area contributed by atoms with E-state index < -0.39 is 63.1 Å². The molecule has 2 aromatic rings. The number of carboxylic acids is 1. The van der Waals surface area contributed by atoms with Gasteiger partial charge in [-0.25, -0.2) is 31.1 Å². The number of hydrogen-bond acceptors (Lipinski definition) is 1. The van der Waals surface area contributed by atoms with Crippen LogP contribution in [0.15, 0.2) is 12.1 Å². The molecule has 2 aromatic carbocycles. The Morgan fingerprint density at radius 2 is 1.32 bits per heavy atom. The summed E-state index contributed by atoms with van der Waals surface area (Å²) in [4.78, 5) is 11.2. The topological polar surface area (TPSA) is 37.3 Å². The average molecular weight is 320 g/mol. The maximum Gasteiger partial charge on any atom is 0.336 e. The van der Waals surface area contributed by atoms with E-state index in [0.29, 0.717) is 12.1 Å². The third-order valence-electron chi connectivity index (χ3n) is 3.09. The molecule has 2 nitrogen and oxygen atoms in total. The first kappa shape index (κ1) is 15.9. The minimum absolute atomic E-state index is 0.492. The summed E-state index contributed by atoms with van der Waals surface area (Å²) in [5.74, 6) is -13.9. The van der Waals surface area contributed by atoms with E-state index in [2.05, 4.69) is 0 Å². The highest BCUT2D eigenvalue weighted by Gasteiger charge is 2.30. The second kappa shape index (κ2) is 5.36. The molecule has 116 valence electrons. The Balaban J connectivity index is 2.96. The van der Waals surface area contributed by atoms with Gasteiger partial charge < -0.3 is 5.11 Å². The van der Waals surface area contributed by atoms with Gasteiger partial charge in [-0.15, -0.1) is 0 Å². The van der Waals surface area contributed by atoms with Crippen LogP contribution in [-0.2, 0) is 0 Å². The van der Waals surface area contributed by atoms with Gasteiger partial charge in [-0.05, 0) is 18.6 Å². The molecule has 2 rings (SSSR count). The van der Waals surface area contributed by atoms with Crippen LogP contribution in [-0.4, -0.2) is 11.1 Å². The Labute approximate surface area is 119 Å². The molecule has 1 N–H and O–H groups in total. The molecule has 0 saturated carbocycles. The van der Waals surface area contributed by atoms with E-state index in [1.807, 2.05) is 0 Å². The van der Waals surface area contributed by atoms with Crippen LogP contribution in [0.5, 0.6) is 0 Å². The highest BCUT2D eigenvalue weighted by atomic mass is 19.2. The zero-order valence-electron chi connectivity index (χ0n) is 10.8. The molecule has 0 saturated heterocycles. The quantitative estimate of drug-likeness (QED) is 0.512. The normalized spacial score (nSPS) is 10.9. The summed E-state index contributed by atoms with van der Waals surface area (Å²) >= 11 is 0. The number of benzene rings is 2. The van der Waals surface area contributed by atoms with Gasteiger partial charge in [0.05, 0.1) is 11.1 Å². The Morgan fingerprint density at radius 1 is 0.864 bits per heavy atom. The van der Waals surface area contributed by atoms with E-state index in [1.54, 1.807) is 0 Å². The summed E-state index contributed by atoms with van der Waals surface area (Å²) in [6.07, 6.45) is 0. The monoisotopic (exact) mass is 320 g/mol. The molecule has 0 radical (unpaired) electrons. The Bertz CT molecular complexity index is 772. The summed E-state index contributed by atoms with van der Waals surface area (Å²) < 4.78 is 80.4. The average Bonchev–Trinajstić information content (AvgIpc) is 2.46. The maximum atomic E-state index is 13.8. The summed E-state index contributed by atoms with van der Waals surface area (Å²) in [5, 5.41) is 9.03. The van der Waals surface area contributed by atoms with Crippen molar-refractivity contribution in [3.05, 3.63) is 58.2 Å². The van der Waals surface area contributed by atoms with E-state index in [0.717, 1.165) is 6.92 Å². The molecule has 0 heterocycles. The third kappa shape index (κ3) is 2.20. The summed E-state index contributed by atoms with van der Waals surface area (Å²) in [6, 6.07) is 1.32. The predicted molar refractivity (Wildman–Crippen MR) is 63.3 cm³/mol. The lowest BCUT2D eigenvalue weighted by molar-refractivity contribution is 0.0696. The minimum atomic E-state index is -2.37. The fourth-order valence-electron chi connectivity index (χ4n) is 2.01. The highest BCUT2D eigenvalue weighted by Crippen LogP contribution is 2.35. The summed E-state index contributed by atoms with van der Waals surface area (Å²) in [6.45, 7) is 1.01. The van der Waals surface area contributed by atoms with Gasteiger partial charge >= 0.3 is 5.97 Å². The van der Waals surface area contributed by atoms with Gasteiger partial charge in [0.25, 0.3) is 0 Å². The number of halogens is 6.